The van der Waals surface area contributed by atoms with Crippen LogP contribution in [0.25, 0.3) is 6.08 Å². The van der Waals surface area contributed by atoms with Crippen LogP contribution in [0.5, 0.6) is 11.5 Å². The minimum Gasteiger partial charge on any atom is -0.507 e. The molecule has 0 saturated carbocycles. The number of phenols is 1. The predicted molar refractivity (Wildman–Crippen MR) is 103 cm³/mol. The molecule has 0 bridgehead atoms. The zero-order chi connectivity index (χ0) is 19.7. The number of phenolic OH excluding ortho intramolecular Hbond substituents is 1. The second-order valence-electron chi connectivity index (χ2n) is 7.07. The first-order valence-electron chi connectivity index (χ1n) is 9.29. The number of aromatic hydroxyl groups is 1. The predicted octanol–water partition coefficient (Wildman–Crippen LogP) is 3.90. The molecule has 28 heavy (non-hydrogen) atoms. The third-order valence-corrected chi connectivity index (χ3v) is 5.13. The highest BCUT2D eigenvalue weighted by Crippen LogP contribution is 2.40. The minimum absolute atomic E-state index is 0.0549. The molecule has 144 valence electrons. The normalized spacial score (nSPS) is 18.1. The van der Waals surface area contributed by atoms with Crippen LogP contribution in [0.3, 0.4) is 0 Å². The van der Waals surface area contributed by atoms with Gasteiger partial charge in [0.25, 0.3) is 5.69 Å². The average molecular weight is 380 g/mol. The summed E-state index contributed by atoms with van der Waals surface area (Å²) < 4.78 is 5.83. The van der Waals surface area contributed by atoms with Gasteiger partial charge in [0.15, 0.2) is 5.76 Å². The number of likely N-dealkylation sites (tertiary alicyclic amines) is 1. The van der Waals surface area contributed by atoms with E-state index in [9.17, 15) is 20.0 Å². The van der Waals surface area contributed by atoms with Gasteiger partial charge in [0.1, 0.15) is 11.5 Å². The van der Waals surface area contributed by atoms with Gasteiger partial charge in [0, 0.05) is 18.7 Å². The topological polar surface area (TPSA) is 92.9 Å². The van der Waals surface area contributed by atoms with Crippen molar-refractivity contribution in [2.75, 3.05) is 13.1 Å². The van der Waals surface area contributed by atoms with Crippen LogP contribution in [0, 0.1) is 10.1 Å². The van der Waals surface area contributed by atoms with Crippen LogP contribution in [0.2, 0.25) is 0 Å². The van der Waals surface area contributed by atoms with E-state index in [4.69, 9.17) is 4.74 Å². The number of hydrogen-bond acceptors (Lipinski definition) is 6. The molecule has 7 heteroatoms. The van der Waals surface area contributed by atoms with E-state index in [0.717, 1.165) is 25.9 Å². The van der Waals surface area contributed by atoms with Gasteiger partial charge in [-0.3, -0.25) is 19.8 Å². The molecule has 0 atom stereocenters. The standard InChI is InChI=1S/C21H20N2O5/c24-18-8-7-16-20(25)19(12-14-5-4-6-15(11-14)23(26)27)28-21(16)17(18)13-22-9-2-1-3-10-22/h4-8,11-12,24H,1-3,9-10,13H2/b19-12+. The molecule has 0 amide bonds. The number of carbonyl (C=O) groups excluding carboxylic acids is 1. The Kier molecular flexibility index (Phi) is 4.83. The lowest BCUT2D eigenvalue weighted by molar-refractivity contribution is -0.384. The number of hydrogen-bond donors (Lipinski definition) is 1. The third kappa shape index (κ3) is 3.48. The Morgan fingerprint density at radius 2 is 1.96 bits per heavy atom. The maximum Gasteiger partial charge on any atom is 0.270 e. The Bertz CT molecular complexity index is 977. The highest BCUT2D eigenvalue weighted by molar-refractivity contribution is 6.15. The van der Waals surface area contributed by atoms with Crippen molar-refractivity contribution in [2.45, 2.75) is 25.8 Å². The molecule has 1 fully saturated rings. The van der Waals surface area contributed by atoms with Gasteiger partial charge in [-0.1, -0.05) is 18.6 Å². The molecule has 0 unspecified atom stereocenters. The fraction of sp³-hybridized carbons (Fsp3) is 0.286. The van der Waals surface area contributed by atoms with Crippen molar-refractivity contribution in [1.82, 2.24) is 4.90 Å². The molecule has 1 saturated heterocycles. The Morgan fingerprint density at radius 1 is 1.18 bits per heavy atom. The van der Waals surface area contributed by atoms with Gasteiger partial charge in [-0.2, -0.15) is 0 Å². The summed E-state index contributed by atoms with van der Waals surface area (Å²) in [6.45, 7) is 2.42. The van der Waals surface area contributed by atoms with Gasteiger partial charge >= 0.3 is 0 Å². The Morgan fingerprint density at radius 3 is 2.71 bits per heavy atom. The summed E-state index contributed by atoms with van der Waals surface area (Å²) in [6, 6.07) is 9.09. The van der Waals surface area contributed by atoms with Crippen LogP contribution in [-0.4, -0.2) is 33.8 Å². The Balaban J connectivity index is 1.65. The molecule has 0 radical (unpaired) electrons. The summed E-state index contributed by atoms with van der Waals surface area (Å²) in [5.74, 6) is 0.295. The number of benzene rings is 2. The van der Waals surface area contributed by atoms with Crippen LogP contribution >= 0.6 is 0 Å². The van der Waals surface area contributed by atoms with Crippen LogP contribution in [-0.2, 0) is 6.54 Å². The minimum atomic E-state index is -0.483. The van der Waals surface area contributed by atoms with Gasteiger partial charge in [-0.05, 0) is 49.7 Å². The van der Waals surface area contributed by atoms with Crippen molar-refractivity contribution in [3.8, 4) is 11.5 Å². The molecule has 2 heterocycles. The summed E-state index contributed by atoms with van der Waals surface area (Å²) in [5.41, 5.74) is 1.46. The monoisotopic (exact) mass is 380 g/mol. The largest absolute Gasteiger partial charge is 0.507 e. The van der Waals surface area contributed by atoms with Gasteiger partial charge in [-0.25, -0.2) is 0 Å². The number of nitro benzene ring substituents is 1. The smallest absolute Gasteiger partial charge is 0.270 e. The summed E-state index contributed by atoms with van der Waals surface area (Å²) in [7, 11) is 0. The zero-order valence-electron chi connectivity index (χ0n) is 15.3. The summed E-state index contributed by atoms with van der Waals surface area (Å²) >= 11 is 0. The molecule has 0 aromatic heterocycles. The number of non-ortho nitro benzene ring substituents is 1. The molecule has 2 aliphatic rings. The number of allylic oxidation sites excluding steroid dienone is 1. The van der Waals surface area contributed by atoms with E-state index < -0.39 is 4.92 Å². The van der Waals surface area contributed by atoms with Crippen molar-refractivity contribution in [3.63, 3.8) is 0 Å². The molecule has 2 aromatic carbocycles. The van der Waals surface area contributed by atoms with E-state index in [1.165, 1.54) is 30.7 Å². The molecule has 0 aliphatic carbocycles. The average Bonchev–Trinajstić information content (AvgIpc) is 3.01. The van der Waals surface area contributed by atoms with Crippen LogP contribution in [0.1, 0.15) is 40.7 Å². The number of nitro groups is 1. The van der Waals surface area contributed by atoms with Gasteiger partial charge < -0.3 is 9.84 Å². The highest BCUT2D eigenvalue weighted by Gasteiger charge is 2.32. The summed E-state index contributed by atoms with van der Waals surface area (Å²) in [4.78, 5) is 25.5. The number of nitrogens with zero attached hydrogens (tertiary/aromatic N) is 2. The van der Waals surface area contributed by atoms with Crippen molar-refractivity contribution in [3.05, 3.63) is 69.0 Å². The van der Waals surface area contributed by atoms with Crippen molar-refractivity contribution >= 4 is 17.5 Å². The Labute approximate surface area is 162 Å². The maximum absolute atomic E-state index is 12.8. The number of fused-ring (bicyclic) bond motifs is 1. The number of carbonyl (C=O) groups is 1. The van der Waals surface area contributed by atoms with E-state index in [1.807, 2.05) is 0 Å². The van der Waals surface area contributed by atoms with Crippen LogP contribution in [0.15, 0.2) is 42.2 Å². The lowest BCUT2D eigenvalue weighted by atomic mass is 10.0. The van der Waals surface area contributed by atoms with E-state index in [1.54, 1.807) is 18.2 Å². The number of Topliss-reactive ketones (excluding diaryl/α,β-unsaturated/α-hetero) is 1. The maximum atomic E-state index is 12.8. The molecule has 1 N–H and O–H groups in total. The first-order valence-corrected chi connectivity index (χ1v) is 9.29. The molecule has 2 aliphatic heterocycles. The van der Waals surface area contributed by atoms with Crippen LogP contribution < -0.4 is 4.74 Å². The number of ether oxygens (including phenoxy) is 1. The second kappa shape index (κ2) is 7.44. The van der Waals surface area contributed by atoms with E-state index in [2.05, 4.69) is 4.90 Å². The van der Waals surface area contributed by atoms with E-state index in [-0.39, 0.29) is 23.0 Å². The SMILES string of the molecule is O=C1/C(=C\c2cccc([N+](=O)[O-])c2)Oc2c1ccc(O)c2CN1CCCCC1. The first kappa shape index (κ1) is 18.2. The fourth-order valence-electron chi connectivity index (χ4n) is 3.67. The third-order valence-electron chi connectivity index (χ3n) is 5.13. The van der Waals surface area contributed by atoms with E-state index in [0.29, 0.717) is 29.0 Å². The number of piperidine rings is 1. The lowest BCUT2D eigenvalue weighted by Gasteiger charge is -2.27. The first-order chi connectivity index (χ1) is 13.5. The molecule has 7 nitrogen and oxygen atoms in total. The molecular formula is C21H20N2O5. The van der Waals surface area contributed by atoms with Gasteiger partial charge in [0.2, 0.25) is 5.78 Å². The molecule has 0 spiro atoms. The fourth-order valence-corrected chi connectivity index (χ4v) is 3.67. The van der Waals surface area contributed by atoms with Crippen LogP contribution in [0.4, 0.5) is 5.69 Å². The Hall–Kier alpha value is -3.19. The number of ketones is 1. The highest BCUT2D eigenvalue weighted by atomic mass is 16.6. The second-order valence-corrected chi connectivity index (χ2v) is 7.07. The quantitative estimate of drug-likeness (QED) is 0.491. The van der Waals surface area contributed by atoms with E-state index >= 15 is 0 Å². The van der Waals surface area contributed by atoms with Crippen molar-refractivity contribution in [1.29, 1.82) is 0 Å². The van der Waals surface area contributed by atoms with Gasteiger partial charge in [-0.15, -0.1) is 0 Å². The molecule has 2 aromatic rings. The number of rotatable bonds is 4. The summed E-state index contributed by atoms with van der Waals surface area (Å²) in [6.07, 6.45) is 4.94. The molecule has 4 rings (SSSR count). The lowest BCUT2D eigenvalue weighted by Crippen LogP contribution is -2.29. The zero-order valence-corrected chi connectivity index (χ0v) is 15.3. The summed E-state index contributed by atoms with van der Waals surface area (Å²) in [5, 5.41) is 21.3. The van der Waals surface area contributed by atoms with Crippen molar-refractivity contribution in [2.24, 2.45) is 0 Å². The van der Waals surface area contributed by atoms with Crippen molar-refractivity contribution < 1.29 is 19.6 Å². The van der Waals surface area contributed by atoms with Gasteiger partial charge in [0.05, 0.1) is 16.1 Å². The molecular weight excluding hydrogens is 360 g/mol.